The monoisotopic (exact) mass is 332 g/mol. The number of imidazole rings is 2. The van der Waals surface area contributed by atoms with Crippen molar-refractivity contribution in [2.24, 2.45) is 11.5 Å². The van der Waals surface area contributed by atoms with Crippen molar-refractivity contribution in [2.75, 3.05) is 13.1 Å². The predicted octanol–water partition coefficient (Wildman–Crippen LogP) is 0.405. The zero-order valence-electron chi connectivity index (χ0n) is 13.9. The maximum atomic E-state index is 12.6. The molecule has 0 saturated heterocycles. The van der Waals surface area contributed by atoms with Crippen LogP contribution in [-0.4, -0.2) is 44.0 Å². The number of aryl methyl sites for hydroxylation is 1. The lowest BCUT2D eigenvalue weighted by Gasteiger charge is -2.10. The first-order chi connectivity index (χ1) is 11.6. The average molecular weight is 332 g/mol. The van der Waals surface area contributed by atoms with E-state index in [0.717, 1.165) is 11.4 Å². The molecule has 0 amide bonds. The first-order valence-corrected chi connectivity index (χ1v) is 8.15. The van der Waals surface area contributed by atoms with Crippen molar-refractivity contribution in [3.63, 3.8) is 0 Å². The summed E-state index contributed by atoms with van der Waals surface area (Å²) < 4.78 is 3.06. The van der Waals surface area contributed by atoms with Crippen molar-refractivity contribution in [3.05, 3.63) is 35.9 Å². The van der Waals surface area contributed by atoms with Gasteiger partial charge in [0, 0.05) is 55.9 Å². The van der Waals surface area contributed by atoms with E-state index in [1.165, 1.54) is 10.9 Å². The SMILES string of the molecule is CCc1ncc(CCN)n1C(=O)CCC(=O)n1cncc1CCN. The number of carbonyl (C=O) groups excluding carboxylic acids is 2. The van der Waals surface area contributed by atoms with Crippen molar-refractivity contribution in [2.45, 2.75) is 39.0 Å². The average Bonchev–Trinajstić information content (AvgIpc) is 3.19. The van der Waals surface area contributed by atoms with Crippen LogP contribution in [0.3, 0.4) is 0 Å². The summed E-state index contributed by atoms with van der Waals surface area (Å²) in [5.41, 5.74) is 12.7. The van der Waals surface area contributed by atoms with Gasteiger partial charge in [0.15, 0.2) is 0 Å². The fourth-order valence-corrected chi connectivity index (χ4v) is 2.63. The normalized spacial score (nSPS) is 11.0. The van der Waals surface area contributed by atoms with Crippen LogP contribution < -0.4 is 11.5 Å². The Labute approximate surface area is 140 Å². The Morgan fingerprint density at radius 3 is 2.38 bits per heavy atom. The van der Waals surface area contributed by atoms with E-state index in [4.69, 9.17) is 11.5 Å². The molecular formula is C16H24N6O2. The molecule has 2 heterocycles. The van der Waals surface area contributed by atoms with Crippen molar-refractivity contribution < 1.29 is 9.59 Å². The minimum Gasteiger partial charge on any atom is -0.330 e. The van der Waals surface area contributed by atoms with Crippen LogP contribution in [0.15, 0.2) is 18.7 Å². The predicted molar refractivity (Wildman–Crippen MR) is 89.8 cm³/mol. The Balaban J connectivity index is 2.06. The molecule has 2 rings (SSSR count). The fraction of sp³-hybridized carbons (Fsp3) is 0.500. The zero-order chi connectivity index (χ0) is 17.5. The maximum absolute atomic E-state index is 12.6. The molecule has 0 unspecified atom stereocenters. The van der Waals surface area contributed by atoms with Gasteiger partial charge in [-0.05, 0) is 13.1 Å². The summed E-state index contributed by atoms with van der Waals surface area (Å²) >= 11 is 0. The smallest absolute Gasteiger partial charge is 0.232 e. The van der Waals surface area contributed by atoms with E-state index in [-0.39, 0.29) is 24.7 Å². The van der Waals surface area contributed by atoms with Crippen LogP contribution in [0.2, 0.25) is 0 Å². The molecule has 0 saturated carbocycles. The van der Waals surface area contributed by atoms with Crippen LogP contribution in [-0.2, 0) is 19.3 Å². The molecule has 0 aromatic carbocycles. The molecule has 4 N–H and O–H groups in total. The molecule has 2 aromatic rings. The first kappa shape index (κ1) is 18.0. The molecule has 0 fully saturated rings. The molecular weight excluding hydrogens is 308 g/mol. The Kier molecular flexibility index (Phi) is 6.39. The van der Waals surface area contributed by atoms with Gasteiger partial charge in [0.05, 0.1) is 0 Å². The Morgan fingerprint density at radius 2 is 1.71 bits per heavy atom. The lowest BCUT2D eigenvalue weighted by molar-refractivity contribution is 0.0825. The summed E-state index contributed by atoms with van der Waals surface area (Å²) in [4.78, 5) is 33.1. The summed E-state index contributed by atoms with van der Waals surface area (Å²) in [5, 5.41) is 0. The summed E-state index contributed by atoms with van der Waals surface area (Å²) in [5.74, 6) is 0.395. The molecule has 8 nitrogen and oxygen atoms in total. The quantitative estimate of drug-likeness (QED) is 0.722. The number of rotatable bonds is 8. The van der Waals surface area contributed by atoms with E-state index in [1.807, 2.05) is 6.92 Å². The summed E-state index contributed by atoms with van der Waals surface area (Å²) in [6, 6.07) is 0. The van der Waals surface area contributed by atoms with Crippen molar-refractivity contribution in [1.82, 2.24) is 19.1 Å². The van der Waals surface area contributed by atoms with Crippen LogP contribution >= 0.6 is 0 Å². The fourth-order valence-electron chi connectivity index (χ4n) is 2.63. The molecule has 8 heteroatoms. The van der Waals surface area contributed by atoms with Crippen LogP contribution in [0.1, 0.15) is 46.6 Å². The third-order valence-corrected chi connectivity index (χ3v) is 3.81. The molecule has 0 radical (unpaired) electrons. The molecule has 0 aliphatic heterocycles. The Hall–Kier alpha value is -2.32. The highest BCUT2D eigenvalue weighted by atomic mass is 16.2. The lowest BCUT2D eigenvalue weighted by Crippen LogP contribution is -2.21. The largest absolute Gasteiger partial charge is 0.330 e. The van der Waals surface area contributed by atoms with Gasteiger partial charge in [-0.3, -0.25) is 18.7 Å². The molecule has 24 heavy (non-hydrogen) atoms. The van der Waals surface area contributed by atoms with Gasteiger partial charge in [-0.15, -0.1) is 0 Å². The van der Waals surface area contributed by atoms with Gasteiger partial charge in [-0.2, -0.15) is 0 Å². The molecule has 0 spiro atoms. The summed E-state index contributed by atoms with van der Waals surface area (Å²) in [6.45, 7) is 2.82. The minimum absolute atomic E-state index is 0.107. The van der Waals surface area contributed by atoms with E-state index in [0.29, 0.717) is 38.2 Å². The molecule has 2 aromatic heterocycles. The van der Waals surface area contributed by atoms with Crippen molar-refractivity contribution >= 4 is 11.8 Å². The Bertz CT molecular complexity index is 703. The highest BCUT2D eigenvalue weighted by Gasteiger charge is 2.17. The van der Waals surface area contributed by atoms with Gasteiger partial charge >= 0.3 is 0 Å². The zero-order valence-corrected chi connectivity index (χ0v) is 13.9. The minimum atomic E-state index is -0.164. The number of nitrogens with two attached hydrogens (primary N) is 2. The third kappa shape index (κ3) is 3.95. The van der Waals surface area contributed by atoms with Crippen LogP contribution in [0.4, 0.5) is 0 Å². The number of hydrogen-bond donors (Lipinski definition) is 2. The highest BCUT2D eigenvalue weighted by Crippen LogP contribution is 2.11. The second-order valence-electron chi connectivity index (χ2n) is 5.47. The van der Waals surface area contributed by atoms with Gasteiger partial charge in [-0.1, -0.05) is 6.92 Å². The van der Waals surface area contributed by atoms with E-state index in [9.17, 15) is 9.59 Å². The molecule has 0 bridgehead atoms. The third-order valence-electron chi connectivity index (χ3n) is 3.81. The van der Waals surface area contributed by atoms with Gasteiger partial charge in [-0.25, -0.2) is 9.97 Å². The highest BCUT2D eigenvalue weighted by molar-refractivity contribution is 5.87. The van der Waals surface area contributed by atoms with Gasteiger partial charge in [0.2, 0.25) is 11.8 Å². The number of carbonyl (C=O) groups is 2. The standard InChI is InChI=1S/C16H24N6O2/c1-2-14-20-10-13(6-8-18)22(14)16(24)4-3-15(23)21-11-19-9-12(21)5-7-17/h9-11H,2-8,17-18H2,1H3. The topological polar surface area (TPSA) is 122 Å². The van der Waals surface area contributed by atoms with E-state index < -0.39 is 0 Å². The molecule has 130 valence electrons. The van der Waals surface area contributed by atoms with E-state index >= 15 is 0 Å². The number of aromatic nitrogens is 4. The first-order valence-electron chi connectivity index (χ1n) is 8.15. The molecule has 0 aliphatic carbocycles. The maximum Gasteiger partial charge on any atom is 0.232 e. The van der Waals surface area contributed by atoms with Gasteiger partial charge in [0.1, 0.15) is 12.2 Å². The molecule has 0 atom stereocenters. The van der Waals surface area contributed by atoms with Crippen molar-refractivity contribution in [1.29, 1.82) is 0 Å². The second-order valence-corrected chi connectivity index (χ2v) is 5.47. The van der Waals surface area contributed by atoms with Crippen LogP contribution in [0.25, 0.3) is 0 Å². The number of hydrogen-bond acceptors (Lipinski definition) is 6. The van der Waals surface area contributed by atoms with Crippen molar-refractivity contribution in [3.8, 4) is 0 Å². The number of nitrogens with zero attached hydrogens (tertiary/aromatic N) is 4. The van der Waals surface area contributed by atoms with Crippen LogP contribution in [0.5, 0.6) is 0 Å². The van der Waals surface area contributed by atoms with Crippen LogP contribution in [0, 0.1) is 0 Å². The van der Waals surface area contributed by atoms with E-state index in [2.05, 4.69) is 9.97 Å². The summed E-state index contributed by atoms with van der Waals surface area (Å²) in [6.07, 6.45) is 6.78. The Morgan fingerprint density at radius 1 is 1.04 bits per heavy atom. The second kappa shape index (κ2) is 8.51. The van der Waals surface area contributed by atoms with Gasteiger partial charge in [0.25, 0.3) is 0 Å². The lowest BCUT2D eigenvalue weighted by atomic mass is 10.2. The van der Waals surface area contributed by atoms with Gasteiger partial charge < -0.3 is 11.5 Å². The summed E-state index contributed by atoms with van der Waals surface area (Å²) in [7, 11) is 0. The van der Waals surface area contributed by atoms with E-state index in [1.54, 1.807) is 17.0 Å². The molecule has 0 aliphatic rings.